The fourth-order valence-electron chi connectivity index (χ4n) is 3.95. The molecule has 4 atom stereocenters. The molecule has 3 heteroatoms. The first-order valence-corrected chi connectivity index (χ1v) is 8.12. The molecule has 19 heavy (non-hydrogen) atoms. The van der Waals surface area contributed by atoms with E-state index in [-0.39, 0.29) is 0 Å². The summed E-state index contributed by atoms with van der Waals surface area (Å²) in [6, 6.07) is 0.723. The van der Waals surface area contributed by atoms with Crippen molar-refractivity contribution < 1.29 is 4.74 Å². The highest BCUT2D eigenvalue weighted by Gasteiger charge is 2.28. The lowest BCUT2D eigenvalue weighted by molar-refractivity contribution is 0.0375. The van der Waals surface area contributed by atoms with Crippen molar-refractivity contribution in [1.82, 2.24) is 10.2 Å². The fraction of sp³-hybridized carbons (Fsp3) is 1.00. The lowest BCUT2D eigenvalue weighted by Crippen LogP contribution is -2.44. The zero-order valence-corrected chi connectivity index (χ0v) is 13.0. The highest BCUT2D eigenvalue weighted by molar-refractivity contribution is 4.84. The summed E-state index contributed by atoms with van der Waals surface area (Å²) in [4.78, 5) is 2.55. The molecule has 0 spiro atoms. The molecule has 1 aliphatic carbocycles. The Morgan fingerprint density at radius 2 is 2.05 bits per heavy atom. The smallest absolute Gasteiger partial charge is 0.0506 e. The summed E-state index contributed by atoms with van der Waals surface area (Å²) in [5, 5.41) is 3.53. The maximum Gasteiger partial charge on any atom is 0.0506 e. The third-order valence-corrected chi connectivity index (χ3v) is 4.99. The van der Waals surface area contributed by atoms with E-state index in [1.165, 1.54) is 45.2 Å². The zero-order chi connectivity index (χ0) is 13.7. The highest BCUT2D eigenvalue weighted by atomic mass is 16.5. The Kier molecular flexibility index (Phi) is 6.11. The molecular formula is C16H32N2O. The number of rotatable bonds is 5. The maximum atomic E-state index is 5.59. The quantitative estimate of drug-likeness (QED) is 0.828. The molecule has 1 N–H and O–H groups in total. The van der Waals surface area contributed by atoms with Gasteiger partial charge in [0, 0.05) is 25.7 Å². The van der Waals surface area contributed by atoms with Gasteiger partial charge < -0.3 is 15.0 Å². The Balaban J connectivity index is 1.77. The van der Waals surface area contributed by atoms with Crippen molar-refractivity contribution in [3.63, 3.8) is 0 Å². The first-order valence-electron chi connectivity index (χ1n) is 8.12. The minimum Gasteiger partial charge on any atom is -0.381 e. The Morgan fingerprint density at radius 1 is 1.21 bits per heavy atom. The van der Waals surface area contributed by atoms with E-state index in [1.54, 1.807) is 0 Å². The van der Waals surface area contributed by atoms with Crippen LogP contribution >= 0.6 is 0 Å². The van der Waals surface area contributed by atoms with Crippen molar-refractivity contribution in [1.29, 1.82) is 0 Å². The van der Waals surface area contributed by atoms with Crippen molar-refractivity contribution in [3.05, 3.63) is 0 Å². The Hall–Kier alpha value is -0.120. The largest absolute Gasteiger partial charge is 0.381 e. The average Bonchev–Trinajstić information content (AvgIpc) is 2.40. The second-order valence-corrected chi connectivity index (χ2v) is 6.88. The molecule has 2 rings (SSSR count). The molecule has 1 heterocycles. The topological polar surface area (TPSA) is 24.5 Å². The van der Waals surface area contributed by atoms with E-state index in [2.05, 4.69) is 31.2 Å². The van der Waals surface area contributed by atoms with Crippen LogP contribution in [0.5, 0.6) is 0 Å². The predicted octanol–water partition coefficient (Wildman–Crippen LogP) is 2.37. The van der Waals surface area contributed by atoms with Gasteiger partial charge in [0.2, 0.25) is 0 Å². The van der Waals surface area contributed by atoms with Gasteiger partial charge in [-0.3, -0.25) is 0 Å². The van der Waals surface area contributed by atoms with Crippen LogP contribution in [-0.4, -0.2) is 51.3 Å². The van der Waals surface area contributed by atoms with Gasteiger partial charge in [-0.05, 0) is 64.0 Å². The molecule has 1 aliphatic heterocycles. The standard InChI is InChI=1S/C16H32N2O/c1-13-6-7-16(17-2)15(9-13)11-18(3)10-14-5-4-8-19-12-14/h13-17H,4-12H2,1-3H3. The third kappa shape index (κ3) is 4.73. The lowest BCUT2D eigenvalue weighted by Gasteiger charge is -2.38. The lowest BCUT2D eigenvalue weighted by atomic mass is 9.78. The summed E-state index contributed by atoms with van der Waals surface area (Å²) in [6.45, 7) is 6.81. The van der Waals surface area contributed by atoms with Gasteiger partial charge in [-0.1, -0.05) is 6.92 Å². The minimum atomic E-state index is 0.723. The van der Waals surface area contributed by atoms with Crippen LogP contribution in [0.25, 0.3) is 0 Å². The first-order chi connectivity index (χ1) is 9.19. The number of hydrogen-bond donors (Lipinski definition) is 1. The molecule has 4 unspecified atom stereocenters. The zero-order valence-electron chi connectivity index (χ0n) is 13.0. The summed E-state index contributed by atoms with van der Waals surface area (Å²) in [5.74, 6) is 2.48. The number of nitrogens with zero attached hydrogens (tertiary/aromatic N) is 1. The van der Waals surface area contributed by atoms with E-state index in [4.69, 9.17) is 4.74 Å². The normalized spacial score (nSPS) is 36.6. The average molecular weight is 268 g/mol. The van der Waals surface area contributed by atoms with Crippen LogP contribution in [0.3, 0.4) is 0 Å². The van der Waals surface area contributed by atoms with Crippen LogP contribution in [-0.2, 0) is 4.74 Å². The summed E-state index contributed by atoms with van der Waals surface area (Å²) >= 11 is 0. The molecule has 0 amide bonds. The molecule has 0 aromatic heterocycles. The van der Waals surface area contributed by atoms with Crippen molar-refractivity contribution in [2.75, 3.05) is 40.4 Å². The number of nitrogens with one attached hydrogen (secondary N) is 1. The van der Waals surface area contributed by atoms with Crippen molar-refractivity contribution in [2.45, 2.75) is 45.1 Å². The second kappa shape index (κ2) is 7.61. The molecule has 3 nitrogen and oxygen atoms in total. The summed E-state index contributed by atoms with van der Waals surface area (Å²) in [6.07, 6.45) is 6.72. The van der Waals surface area contributed by atoms with Crippen LogP contribution in [0.1, 0.15) is 39.0 Å². The Labute approximate surface area is 119 Å². The van der Waals surface area contributed by atoms with E-state index in [1.807, 2.05) is 0 Å². The van der Waals surface area contributed by atoms with Gasteiger partial charge in [-0.15, -0.1) is 0 Å². The highest BCUT2D eigenvalue weighted by Crippen LogP contribution is 2.29. The van der Waals surface area contributed by atoms with Crippen molar-refractivity contribution in [3.8, 4) is 0 Å². The van der Waals surface area contributed by atoms with Gasteiger partial charge in [0.15, 0.2) is 0 Å². The first kappa shape index (κ1) is 15.3. The third-order valence-electron chi connectivity index (χ3n) is 4.99. The predicted molar refractivity (Wildman–Crippen MR) is 80.4 cm³/mol. The second-order valence-electron chi connectivity index (χ2n) is 6.88. The summed E-state index contributed by atoms with van der Waals surface area (Å²) in [5.41, 5.74) is 0. The van der Waals surface area contributed by atoms with Crippen molar-refractivity contribution >= 4 is 0 Å². The Morgan fingerprint density at radius 3 is 2.74 bits per heavy atom. The molecule has 112 valence electrons. The fourth-order valence-corrected chi connectivity index (χ4v) is 3.95. The van der Waals surface area contributed by atoms with Crippen molar-refractivity contribution in [2.24, 2.45) is 17.8 Å². The van der Waals surface area contributed by atoms with E-state index in [9.17, 15) is 0 Å². The van der Waals surface area contributed by atoms with Gasteiger partial charge in [0.05, 0.1) is 6.61 Å². The molecule has 2 aliphatic rings. The molecule has 1 saturated carbocycles. The van der Waals surface area contributed by atoms with Gasteiger partial charge in [-0.2, -0.15) is 0 Å². The number of ether oxygens (including phenoxy) is 1. The van der Waals surface area contributed by atoms with Crippen LogP contribution in [0.4, 0.5) is 0 Å². The molecule has 2 fully saturated rings. The Bertz CT molecular complexity index is 253. The van der Waals surface area contributed by atoms with Gasteiger partial charge in [0.1, 0.15) is 0 Å². The maximum absolute atomic E-state index is 5.59. The SMILES string of the molecule is CNC1CCC(C)CC1CN(C)CC1CCCOC1. The molecule has 1 saturated heterocycles. The van der Waals surface area contributed by atoms with Gasteiger partial charge in [-0.25, -0.2) is 0 Å². The van der Waals surface area contributed by atoms with Crippen LogP contribution in [0.2, 0.25) is 0 Å². The van der Waals surface area contributed by atoms with E-state index < -0.39 is 0 Å². The molecule has 0 aromatic carbocycles. The van der Waals surface area contributed by atoms with E-state index in [0.29, 0.717) is 0 Å². The van der Waals surface area contributed by atoms with Gasteiger partial charge in [0.25, 0.3) is 0 Å². The minimum absolute atomic E-state index is 0.723. The molecule has 0 bridgehead atoms. The van der Waals surface area contributed by atoms with Gasteiger partial charge >= 0.3 is 0 Å². The van der Waals surface area contributed by atoms with Crippen LogP contribution in [0.15, 0.2) is 0 Å². The monoisotopic (exact) mass is 268 g/mol. The van der Waals surface area contributed by atoms with E-state index >= 15 is 0 Å². The molecule has 0 radical (unpaired) electrons. The molecular weight excluding hydrogens is 236 g/mol. The van der Waals surface area contributed by atoms with E-state index in [0.717, 1.165) is 37.0 Å². The summed E-state index contributed by atoms with van der Waals surface area (Å²) < 4.78 is 5.59. The number of hydrogen-bond acceptors (Lipinski definition) is 3. The van der Waals surface area contributed by atoms with Crippen LogP contribution < -0.4 is 5.32 Å². The van der Waals surface area contributed by atoms with Crippen LogP contribution in [0, 0.1) is 17.8 Å². The summed E-state index contributed by atoms with van der Waals surface area (Å²) in [7, 11) is 4.42. The molecule has 0 aromatic rings.